The van der Waals surface area contributed by atoms with Crippen LogP contribution in [-0.2, 0) is 13.8 Å². The van der Waals surface area contributed by atoms with Crippen LogP contribution in [-0.4, -0.2) is 74.4 Å². The number of hydrogen-bond donors (Lipinski definition) is 8. The Morgan fingerprint density at radius 2 is 1.94 bits per heavy atom. The zero-order valence-corrected chi connectivity index (χ0v) is 16.9. The van der Waals surface area contributed by atoms with Crippen LogP contribution in [0.2, 0.25) is 0 Å². The molecule has 0 spiro atoms. The third kappa shape index (κ3) is 5.35. The number of nitrogens with zero attached hydrogens (tertiary/aromatic N) is 4. The van der Waals surface area contributed by atoms with Crippen LogP contribution >= 0.6 is 7.82 Å². The molecule has 0 bridgehead atoms. The van der Waals surface area contributed by atoms with E-state index >= 15 is 0 Å². The molecule has 10 N–H and O–H groups in total. The van der Waals surface area contributed by atoms with Gasteiger partial charge in [0.2, 0.25) is 5.95 Å². The second kappa shape index (κ2) is 9.13. The van der Waals surface area contributed by atoms with Crippen molar-refractivity contribution < 1.29 is 33.8 Å². The van der Waals surface area contributed by atoms with Crippen LogP contribution in [0.1, 0.15) is 6.23 Å². The number of nitrogen functional groups attached to an aromatic ring is 2. The molecule has 1 aliphatic rings. The number of H-pyrrole nitrogens is 2. The van der Waals surface area contributed by atoms with Crippen molar-refractivity contribution in [2.75, 3.05) is 18.1 Å². The first kappa shape index (κ1) is 23.5. The van der Waals surface area contributed by atoms with Crippen LogP contribution in [0.3, 0.4) is 0 Å². The number of rotatable bonds is 4. The number of nitrogens with two attached hydrogens (primary N) is 2. The molecule has 4 atom stereocenters. The van der Waals surface area contributed by atoms with Gasteiger partial charge in [-0.3, -0.25) is 18.9 Å². The summed E-state index contributed by atoms with van der Waals surface area (Å²) in [5, 5.41) is 19.6. The highest BCUT2D eigenvalue weighted by Gasteiger charge is 2.44. The van der Waals surface area contributed by atoms with Crippen LogP contribution in [0.15, 0.2) is 28.2 Å². The molecule has 0 radical (unpaired) electrons. The van der Waals surface area contributed by atoms with E-state index in [-0.39, 0.29) is 17.3 Å². The Kier molecular flexibility index (Phi) is 6.70. The van der Waals surface area contributed by atoms with E-state index in [0.29, 0.717) is 11.2 Å². The van der Waals surface area contributed by atoms with Gasteiger partial charge in [-0.05, 0) is 6.07 Å². The summed E-state index contributed by atoms with van der Waals surface area (Å²) in [6, 6.07) is 1.29. The number of phosphoric ester groups is 1. The quantitative estimate of drug-likeness (QED) is 0.173. The van der Waals surface area contributed by atoms with E-state index in [1.165, 1.54) is 18.6 Å². The Hall–Kier alpha value is -3.18. The first-order chi connectivity index (χ1) is 15.0. The molecule has 1 aliphatic heterocycles. The SMILES string of the molecule is Nc1ccn([C@@H]2O[C@H](COP(=O)(O)O)[C@@H](O)[C@H]2O)c(=O)n1.Nc1nc2nc[nH]c2c(=O)[nH]1. The molecule has 0 aromatic carbocycles. The lowest BCUT2D eigenvalue weighted by Gasteiger charge is -2.16. The monoisotopic (exact) mass is 474 g/mol. The number of hydrogen-bond acceptors (Lipinski definition) is 12. The molecular weight excluding hydrogens is 455 g/mol. The standard InChI is InChI=1S/C9H14N3O8P.C5H5N5O/c10-5-1-2-12(9(15)11-5)8-7(14)6(13)4(20-8)3-19-21(16,17)18;6-5-9-3-2(4(11)10-5)7-1-8-3/h1-2,4,6-8,13-14H,3H2,(H2,10,11,15)(H2,16,17,18);1H,(H4,6,7,8,9,10,11)/t4-,6-,7-,8-;/m1./s1. The van der Waals surface area contributed by atoms with Gasteiger partial charge in [-0.1, -0.05) is 0 Å². The predicted molar refractivity (Wildman–Crippen MR) is 106 cm³/mol. The lowest BCUT2D eigenvalue weighted by molar-refractivity contribution is -0.0542. The Morgan fingerprint density at radius 1 is 1.22 bits per heavy atom. The number of nitrogens with one attached hydrogen (secondary N) is 2. The number of aliphatic hydroxyl groups is 2. The fourth-order valence-corrected chi connectivity index (χ4v) is 3.09. The van der Waals surface area contributed by atoms with Crippen molar-refractivity contribution in [1.82, 2.24) is 29.5 Å². The maximum Gasteiger partial charge on any atom is 0.469 e. The highest BCUT2D eigenvalue weighted by molar-refractivity contribution is 7.46. The average molecular weight is 474 g/mol. The minimum absolute atomic E-state index is 0.0225. The summed E-state index contributed by atoms with van der Waals surface area (Å²) in [5.41, 5.74) is 10.2. The number of aliphatic hydroxyl groups excluding tert-OH is 2. The van der Waals surface area contributed by atoms with Gasteiger partial charge in [0.05, 0.1) is 12.9 Å². The molecule has 1 fully saturated rings. The van der Waals surface area contributed by atoms with Gasteiger partial charge in [0.15, 0.2) is 17.4 Å². The topological polar surface area (TPSA) is 278 Å². The first-order valence-corrected chi connectivity index (χ1v) is 10.2. The highest BCUT2D eigenvalue weighted by Crippen LogP contribution is 2.38. The van der Waals surface area contributed by atoms with E-state index in [1.807, 2.05) is 0 Å². The van der Waals surface area contributed by atoms with Crippen molar-refractivity contribution >= 4 is 30.8 Å². The van der Waals surface area contributed by atoms with Gasteiger partial charge < -0.3 is 41.2 Å². The third-order valence-electron chi connectivity index (χ3n) is 4.18. The predicted octanol–water partition coefficient (Wildman–Crippen LogP) is -3.22. The smallest absolute Gasteiger partial charge is 0.387 e. The van der Waals surface area contributed by atoms with E-state index in [4.69, 9.17) is 26.0 Å². The van der Waals surface area contributed by atoms with E-state index in [0.717, 1.165) is 4.57 Å². The molecule has 0 unspecified atom stereocenters. The molecular formula is C14H19N8O9P. The number of ether oxygens (including phenoxy) is 1. The summed E-state index contributed by atoms with van der Waals surface area (Å²) in [5.74, 6) is 0.0558. The van der Waals surface area contributed by atoms with Crippen molar-refractivity contribution in [3.8, 4) is 0 Å². The lowest BCUT2D eigenvalue weighted by Crippen LogP contribution is -2.36. The number of imidazole rings is 1. The third-order valence-corrected chi connectivity index (χ3v) is 4.67. The largest absolute Gasteiger partial charge is 0.469 e. The van der Waals surface area contributed by atoms with Crippen molar-refractivity contribution in [3.63, 3.8) is 0 Å². The van der Waals surface area contributed by atoms with Crippen LogP contribution in [0.25, 0.3) is 11.2 Å². The van der Waals surface area contributed by atoms with Gasteiger partial charge in [0.1, 0.15) is 24.1 Å². The van der Waals surface area contributed by atoms with Gasteiger partial charge in [-0.2, -0.15) is 9.97 Å². The van der Waals surface area contributed by atoms with Crippen molar-refractivity contribution in [2.45, 2.75) is 24.5 Å². The summed E-state index contributed by atoms with van der Waals surface area (Å²) < 4.78 is 20.9. The van der Waals surface area contributed by atoms with Crippen LogP contribution in [0.5, 0.6) is 0 Å². The molecule has 18 heteroatoms. The van der Waals surface area contributed by atoms with E-state index in [1.54, 1.807) is 0 Å². The van der Waals surface area contributed by atoms with Crippen LogP contribution < -0.4 is 22.7 Å². The van der Waals surface area contributed by atoms with E-state index in [2.05, 4.69) is 29.4 Å². The summed E-state index contributed by atoms with van der Waals surface area (Å²) in [4.78, 5) is 55.8. The zero-order chi connectivity index (χ0) is 23.6. The maximum atomic E-state index is 11.6. The summed E-state index contributed by atoms with van der Waals surface area (Å²) in [7, 11) is -4.74. The molecule has 17 nitrogen and oxygen atoms in total. The zero-order valence-electron chi connectivity index (χ0n) is 16.0. The summed E-state index contributed by atoms with van der Waals surface area (Å²) in [6.45, 7) is -0.657. The maximum absolute atomic E-state index is 11.6. The minimum Gasteiger partial charge on any atom is -0.387 e. The summed E-state index contributed by atoms with van der Waals surface area (Å²) in [6.07, 6.45) is -2.87. The molecule has 4 heterocycles. The van der Waals surface area contributed by atoms with Crippen molar-refractivity contribution in [1.29, 1.82) is 0 Å². The molecule has 174 valence electrons. The number of aromatic amines is 2. The van der Waals surface area contributed by atoms with E-state index < -0.39 is 44.7 Å². The van der Waals surface area contributed by atoms with Gasteiger partial charge >= 0.3 is 13.5 Å². The molecule has 32 heavy (non-hydrogen) atoms. The minimum atomic E-state index is -4.74. The Bertz CT molecular complexity index is 1250. The molecule has 3 aromatic rings. The van der Waals surface area contributed by atoms with Crippen LogP contribution in [0, 0.1) is 0 Å². The molecule has 0 saturated carbocycles. The fraction of sp³-hybridized carbons (Fsp3) is 0.357. The highest BCUT2D eigenvalue weighted by atomic mass is 31.2. The number of anilines is 2. The number of phosphoric acid groups is 1. The number of aromatic nitrogens is 6. The molecule has 0 aliphatic carbocycles. The fourth-order valence-electron chi connectivity index (χ4n) is 2.75. The van der Waals surface area contributed by atoms with Crippen molar-refractivity contribution in [2.24, 2.45) is 0 Å². The van der Waals surface area contributed by atoms with Crippen LogP contribution in [0.4, 0.5) is 11.8 Å². The Balaban J connectivity index is 0.000000219. The van der Waals surface area contributed by atoms with Gasteiger partial charge in [-0.25, -0.2) is 14.3 Å². The number of fused-ring (bicyclic) bond motifs is 1. The first-order valence-electron chi connectivity index (χ1n) is 8.71. The second-order valence-corrected chi connectivity index (χ2v) is 7.67. The average Bonchev–Trinajstić information content (AvgIpc) is 3.26. The Morgan fingerprint density at radius 3 is 2.59 bits per heavy atom. The molecule has 3 aromatic heterocycles. The van der Waals surface area contributed by atoms with Crippen molar-refractivity contribution in [3.05, 3.63) is 39.4 Å². The lowest BCUT2D eigenvalue weighted by atomic mass is 10.1. The molecule has 0 amide bonds. The van der Waals surface area contributed by atoms with Gasteiger partial charge in [0, 0.05) is 6.20 Å². The Labute approximate surface area is 176 Å². The molecule has 1 saturated heterocycles. The van der Waals surface area contributed by atoms with Gasteiger partial charge in [0.25, 0.3) is 5.56 Å². The normalized spacial score (nSPS) is 23.1. The van der Waals surface area contributed by atoms with Gasteiger partial charge in [-0.15, -0.1) is 0 Å². The second-order valence-electron chi connectivity index (χ2n) is 6.43. The van der Waals surface area contributed by atoms with E-state index in [9.17, 15) is 24.4 Å². The molecule has 4 rings (SSSR count). The summed E-state index contributed by atoms with van der Waals surface area (Å²) >= 11 is 0.